The SMILES string of the molecule is CCc1ccc(C=NNC(=O)C[NH+]2CC[NH+](Cc3ccccc3)CC2)cc1. The molecule has 3 rings (SSSR count). The normalized spacial score (nSPS) is 19.9. The molecule has 2 aromatic rings. The molecule has 5 heteroatoms. The van der Waals surface area contributed by atoms with E-state index in [1.807, 2.05) is 12.1 Å². The van der Waals surface area contributed by atoms with Crippen LogP contribution in [0.5, 0.6) is 0 Å². The maximum Gasteiger partial charge on any atom is 0.295 e. The van der Waals surface area contributed by atoms with Crippen LogP contribution in [0.2, 0.25) is 0 Å². The van der Waals surface area contributed by atoms with E-state index >= 15 is 0 Å². The van der Waals surface area contributed by atoms with E-state index in [4.69, 9.17) is 0 Å². The number of carbonyl (C=O) groups excluding carboxylic acids is 1. The summed E-state index contributed by atoms with van der Waals surface area (Å²) in [5.74, 6) is -0.0158. The van der Waals surface area contributed by atoms with Gasteiger partial charge in [0.15, 0.2) is 6.54 Å². The van der Waals surface area contributed by atoms with Crippen molar-refractivity contribution in [1.29, 1.82) is 0 Å². The van der Waals surface area contributed by atoms with Gasteiger partial charge in [-0.1, -0.05) is 61.5 Å². The van der Waals surface area contributed by atoms with Crippen LogP contribution < -0.4 is 15.2 Å². The molecule has 1 aliphatic rings. The first-order chi connectivity index (χ1) is 13.2. The Bertz CT molecular complexity index is 735. The molecule has 0 bridgehead atoms. The lowest BCUT2D eigenvalue weighted by Gasteiger charge is -2.29. The highest BCUT2D eigenvalue weighted by atomic mass is 16.2. The van der Waals surface area contributed by atoms with E-state index < -0.39 is 0 Å². The zero-order valence-electron chi connectivity index (χ0n) is 16.1. The minimum absolute atomic E-state index is 0.0158. The lowest BCUT2D eigenvalue weighted by Crippen LogP contribution is -3.28. The van der Waals surface area contributed by atoms with E-state index in [1.54, 1.807) is 11.1 Å². The smallest absolute Gasteiger partial charge is 0.295 e. The Balaban J connectivity index is 1.37. The monoisotopic (exact) mass is 366 g/mol. The summed E-state index contributed by atoms with van der Waals surface area (Å²) in [5, 5.41) is 4.09. The second kappa shape index (κ2) is 10.00. The molecule has 0 saturated carbocycles. The minimum Gasteiger partial charge on any atom is -0.322 e. The van der Waals surface area contributed by atoms with Crippen LogP contribution in [-0.4, -0.2) is 44.8 Å². The van der Waals surface area contributed by atoms with Crippen molar-refractivity contribution in [3.63, 3.8) is 0 Å². The number of carbonyl (C=O) groups is 1. The van der Waals surface area contributed by atoms with Crippen molar-refractivity contribution in [2.75, 3.05) is 32.7 Å². The summed E-state index contributed by atoms with van der Waals surface area (Å²) >= 11 is 0. The zero-order valence-corrected chi connectivity index (χ0v) is 16.1. The topological polar surface area (TPSA) is 50.3 Å². The van der Waals surface area contributed by atoms with Crippen LogP contribution in [-0.2, 0) is 17.8 Å². The molecule has 1 saturated heterocycles. The van der Waals surface area contributed by atoms with Crippen molar-refractivity contribution < 1.29 is 14.6 Å². The summed E-state index contributed by atoms with van der Waals surface area (Å²) in [6.45, 7) is 7.95. The van der Waals surface area contributed by atoms with E-state index in [1.165, 1.54) is 16.0 Å². The van der Waals surface area contributed by atoms with Gasteiger partial charge in [0, 0.05) is 5.56 Å². The molecule has 1 aliphatic heterocycles. The molecule has 142 valence electrons. The van der Waals surface area contributed by atoms with Crippen molar-refractivity contribution in [2.24, 2.45) is 5.10 Å². The lowest BCUT2D eigenvalue weighted by molar-refractivity contribution is -1.02. The van der Waals surface area contributed by atoms with Crippen LogP contribution in [0.3, 0.4) is 0 Å². The van der Waals surface area contributed by atoms with Crippen molar-refractivity contribution in [1.82, 2.24) is 5.43 Å². The summed E-state index contributed by atoms with van der Waals surface area (Å²) in [4.78, 5) is 15.1. The number of hydrogen-bond donors (Lipinski definition) is 3. The molecule has 2 aromatic carbocycles. The van der Waals surface area contributed by atoms with Gasteiger partial charge in [0.05, 0.1) is 6.21 Å². The van der Waals surface area contributed by atoms with Crippen molar-refractivity contribution in [3.8, 4) is 0 Å². The Labute approximate surface area is 161 Å². The average molecular weight is 367 g/mol. The first-order valence-electron chi connectivity index (χ1n) is 9.85. The van der Waals surface area contributed by atoms with E-state index in [9.17, 15) is 4.79 Å². The third-order valence-electron chi connectivity index (χ3n) is 5.16. The van der Waals surface area contributed by atoms with Crippen LogP contribution in [0, 0.1) is 0 Å². The molecular weight excluding hydrogens is 336 g/mol. The second-order valence-electron chi connectivity index (χ2n) is 7.23. The number of quaternary nitrogens is 2. The van der Waals surface area contributed by atoms with Gasteiger partial charge in [0.1, 0.15) is 32.7 Å². The fourth-order valence-corrected chi connectivity index (χ4v) is 3.48. The van der Waals surface area contributed by atoms with Gasteiger partial charge in [0.25, 0.3) is 5.91 Å². The molecule has 5 nitrogen and oxygen atoms in total. The molecular formula is C22H30N4O+2. The lowest BCUT2D eigenvalue weighted by atomic mass is 10.1. The van der Waals surface area contributed by atoms with Gasteiger partial charge in [-0.15, -0.1) is 0 Å². The van der Waals surface area contributed by atoms with E-state index in [-0.39, 0.29) is 5.91 Å². The maximum absolute atomic E-state index is 12.1. The molecule has 0 radical (unpaired) electrons. The standard InChI is InChI=1S/C22H28N4O/c1-2-19-8-10-20(11-9-19)16-23-24-22(27)18-26-14-12-25(13-15-26)17-21-6-4-3-5-7-21/h3-11,16H,2,12-15,17-18H2,1H3,(H,24,27)/p+2. The Morgan fingerprint density at radius 2 is 1.63 bits per heavy atom. The summed E-state index contributed by atoms with van der Waals surface area (Å²) < 4.78 is 0. The van der Waals surface area contributed by atoms with Gasteiger partial charge in [-0.25, -0.2) is 5.43 Å². The second-order valence-corrected chi connectivity index (χ2v) is 7.23. The highest BCUT2D eigenvalue weighted by Gasteiger charge is 2.24. The molecule has 1 fully saturated rings. The van der Waals surface area contributed by atoms with Crippen LogP contribution in [0.4, 0.5) is 0 Å². The first kappa shape index (κ1) is 19.3. The predicted octanol–water partition coefficient (Wildman–Crippen LogP) is -0.317. The van der Waals surface area contributed by atoms with Crippen molar-refractivity contribution >= 4 is 12.1 Å². The molecule has 0 spiro atoms. The first-order valence-corrected chi connectivity index (χ1v) is 9.85. The van der Waals surface area contributed by atoms with Gasteiger partial charge in [-0.05, 0) is 17.5 Å². The third-order valence-corrected chi connectivity index (χ3v) is 5.16. The van der Waals surface area contributed by atoms with E-state index in [0.29, 0.717) is 6.54 Å². The number of nitrogens with zero attached hydrogens (tertiary/aromatic N) is 1. The van der Waals surface area contributed by atoms with Crippen LogP contribution in [0.15, 0.2) is 59.7 Å². The number of nitrogens with one attached hydrogen (secondary N) is 3. The van der Waals surface area contributed by atoms with Crippen LogP contribution in [0.1, 0.15) is 23.6 Å². The summed E-state index contributed by atoms with van der Waals surface area (Å²) in [6, 6.07) is 18.8. The maximum atomic E-state index is 12.1. The third kappa shape index (κ3) is 6.31. The molecule has 0 unspecified atom stereocenters. The summed E-state index contributed by atoms with van der Waals surface area (Å²) in [6.07, 6.45) is 2.73. The summed E-state index contributed by atoms with van der Waals surface area (Å²) in [5.41, 5.74) is 6.34. The number of amides is 1. The number of aryl methyl sites for hydroxylation is 1. The quantitative estimate of drug-likeness (QED) is 0.457. The number of benzene rings is 2. The molecule has 1 heterocycles. The van der Waals surface area contributed by atoms with Crippen molar-refractivity contribution in [2.45, 2.75) is 19.9 Å². The molecule has 3 N–H and O–H groups in total. The van der Waals surface area contributed by atoms with Gasteiger partial charge in [-0.2, -0.15) is 5.10 Å². The number of hydrazone groups is 1. The summed E-state index contributed by atoms with van der Waals surface area (Å²) in [7, 11) is 0. The highest BCUT2D eigenvalue weighted by Crippen LogP contribution is 2.02. The van der Waals surface area contributed by atoms with E-state index in [0.717, 1.165) is 44.7 Å². The Morgan fingerprint density at radius 1 is 0.963 bits per heavy atom. The average Bonchev–Trinajstić information content (AvgIpc) is 2.71. The number of hydrogen-bond acceptors (Lipinski definition) is 2. The van der Waals surface area contributed by atoms with Gasteiger partial charge in [0.2, 0.25) is 0 Å². The Morgan fingerprint density at radius 3 is 2.30 bits per heavy atom. The molecule has 0 aromatic heterocycles. The van der Waals surface area contributed by atoms with Crippen molar-refractivity contribution in [3.05, 3.63) is 71.3 Å². The van der Waals surface area contributed by atoms with E-state index in [2.05, 4.69) is 59.9 Å². The van der Waals surface area contributed by atoms with Gasteiger partial charge in [-0.3, -0.25) is 4.79 Å². The molecule has 1 amide bonds. The fraction of sp³-hybridized carbons (Fsp3) is 0.364. The van der Waals surface area contributed by atoms with Crippen LogP contribution in [0.25, 0.3) is 0 Å². The minimum atomic E-state index is -0.0158. The fourth-order valence-electron chi connectivity index (χ4n) is 3.48. The number of rotatable bonds is 7. The Hall–Kier alpha value is -2.50. The number of piperazine rings is 1. The molecule has 27 heavy (non-hydrogen) atoms. The van der Waals surface area contributed by atoms with Gasteiger partial charge < -0.3 is 9.80 Å². The van der Waals surface area contributed by atoms with Crippen LogP contribution >= 0.6 is 0 Å². The largest absolute Gasteiger partial charge is 0.322 e. The molecule has 0 aliphatic carbocycles. The Kier molecular flexibility index (Phi) is 7.13. The molecule has 0 atom stereocenters. The van der Waals surface area contributed by atoms with Gasteiger partial charge >= 0.3 is 0 Å². The highest BCUT2D eigenvalue weighted by molar-refractivity contribution is 5.82. The predicted molar refractivity (Wildman–Crippen MR) is 108 cm³/mol. The zero-order chi connectivity index (χ0) is 18.9.